The maximum Gasteiger partial charge on any atom is 0.0579 e. The van der Waals surface area contributed by atoms with E-state index in [1.165, 1.54) is 0 Å². The minimum absolute atomic E-state index is 0.360. The second-order valence-corrected chi connectivity index (χ2v) is 4.13. The van der Waals surface area contributed by atoms with Crippen LogP contribution in [0, 0.1) is 17.3 Å². The molecule has 0 saturated heterocycles. The summed E-state index contributed by atoms with van der Waals surface area (Å²) in [5.41, 5.74) is 6.04. The lowest BCUT2D eigenvalue weighted by atomic mass is 10.1. The molecule has 0 aromatic carbocycles. The van der Waals surface area contributed by atoms with Gasteiger partial charge in [0.15, 0.2) is 0 Å². The lowest BCUT2D eigenvalue weighted by Crippen LogP contribution is -2.12. The molecule has 1 rings (SSSR count). The van der Waals surface area contributed by atoms with Crippen LogP contribution in [-0.4, -0.2) is 19.8 Å². The molecule has 1 aliphatic rings. The average Bonchev–Trinajstić information content (AvgIpc) is 2.51. The lowest BCUT2D eigenvalue weighted by Gasteiger charge is -2.09. The van der Waals surface area contributed by atoms with Gasteiger partial charge in [0, 0.05) is 7.11 Å². The van der Waals surface area contributed by atoms with Gasteiger partial charge in [-0.3, -0.25) is 0 Å². The van der Waals surface area contributed by atoms with E-state index in [1.807, 2.05) is 0 Å². The lowest BCUT2D eigenvalue weighted by molar-refractivity contribution is 0.0872. The first-order valence-electron chi connectivity index (χ1n) is 4.28. The molecule has 0 heterocycles. The zero-order chi connectivity index (χ0) is 8.65. The van der Waals surface area contributed by atoms with Gasteiger partial charge in [0.2, 0.25) is 0 Å². The molecule has 0 radical (unpaired) electrons. The minimum atomic E-state index is 0.360. The molecule has 3 unspecified atom stereocenters. The third-order valence-corrected chi connectivity index (χ3v) is 3.27. The van der Waals surface area contributed by atoms with Crippen molar-refractivity contribution in [2.75, 3.05) is 13.7 Å². The standard InChI is InChI=1S/C9H19NO/c1-6(11-4)8-7(5-10)9(8,2)3/h6-8H,5,10H2,1-4H3. The summed E-state index contributed by atoms with van der Waals surface area (Å²) in [5.74, 6) is 1.33. The van der Waals surface area contributed by atoms with Crippen LogP contribution < -0.4 is 5.73 Å². The zero-order valence-corrected chi connectivity index (χ0v) is 7.92. The highest BCUT2D eigenvalue weighted by Gasteiger charge is 2.58. The van der Waals surface area contributed by atoms with Gasteiger partial charge >= 0.3 is 0 Å². The summed E-state index contributed by atoms with van der Waals surface area (Å²) in [4.78, 5) is 0. The fraction of sp³-hybridized carbons (Fsp3) is 1.00. The van der Waals surface area contributed by atoms with Gasteiger partial charge in [0.25, 0.3) is 0 Å². The number of nitrogens with two attached hydrogens (primary N) is 1. The van der Waals surface area contributed by atoms with Crippen LogP contribution in [0.1, 0.15) is 20.8 Å². The molecule has 1 aliphatic carbocycles. The molecule has 0 amide bonds. The number of rotatable bonds is 3. The SMILES string of the molecule is COC(C)C1C(CN)C1(C)C. The van der Waals surface area contributed by atoms with Crippen molar-refractivity contribution in [3.8, 4) is 0 Å². The van der Waals surface area contributed by atoms with Gasteiger partial charge in [-0.25, -0.2) is 0 Å². The van der Waals surface area contributed by atoms with Crippen LogP contribution in [-0.2, 0) is 4.74 Å². The largest absolute Gasteiger partial charge is 0.381 e. The van der Waals surface area contributed by atoms with E-state index in [1.54, 1.807) is 7.11 Å². The van der Waals surface area contributed by atoms with Gasteiger partial charge in [-0.15, -0.1) is 0 Å². The second kappa shape index (κ2) is 2.76. The molecule has 2 N–H and O–H groups in total. The number of hydrogen-bond acceptors (Lipinski definition) is 2. The average molecular weight is 157 g/mol. The number of ether oxygens (including phenoxy) is 1. The summed E-state index contributed by atoms with van der Waals surface area (Å²) >= 11 is 0. The van der Waals surface area contributed by atoms with Gasteiger partial charge in [0.05, 0.1) is 6.10 Å². The second-order valence-electron chi connectivity index (χ2n) is 4.13. The molecule has 0 aromatic rings. The summed E-state index contributed by atoms with van der Waals surface area (Å²) in [6.07, 6.45) is 0.360. The van der Waals surface area contributed by atoms with Gasteiger partial charge in [-0.2, -0.15) is 0 Å². The van der Waals surface area contributed by atoms with Crippen molar-refractivity contribution in [1.29, 1.82) is 0 Å². The van der Waals surface area contributed by atoms with Crippen LogP contribution in [0.2, 0.25) is 0 Å². The predicted molar refractivity (Wildman–Crippen MR) is 46.3 cm³/mol. The Hall–Kier alpha value is -0.0800. The van der Waals surface area contributed by atoms with Gasteiger partial charge in [0.1, 0.15) is 0 Å². The Bertz CT molecular complexity index is 144. The van der Waals surface area contributed by atoms with Crippen LogP contribution >= 0.6 is 0 Å². The molecule has 66 valence electrons. The van der Waals surface area contributed by atoms with E-state index in [4.69, 9.17) is 10.5 Å². The van der Waals surface area contributed by atoms with E-state index in [9.17, 15) is 0 Å². The Morgan fingerprint density at radius 1 is 1.55 bits per heavy atom. The summed E-state index contributed by atoms with van der Waals surface area (Å²) in [6, 6.07) is 0. The molecule has 0 aliphatic heterocycles. The summed E-state index contributed by atoms with van der Waals surface area (Å²) in [6.45, 7) is 7.46. The van der Waals surface area contributed by atoms with Gasteiger partial charge in [-0.05, 0) is 30.7 Å². The van der Waals surface area contributed by atoms with Crippen molar-refractivity contribution >= 4 is 0 Å². The molecule has 2 heteroatoms. The van der Waals surface area contributed by atoms with Gasteiger partial charge < -0.3 is 10.5 Å². The van der Waals surface area contributed by atoms with E-state index in [-0.39, 0.29) is 0 Å². The van der Waals surface area contributed by atoms with Crippen molar-refractivity contribution in [2.45, 2.75) is 26.9 Å². The molecule has 1 saturated carbocycles. The first-order valence-corrected chi connectivity index (χ1v) is 4.28. The maximum absolute atomic E-state index is 5.64. The van der Waals surface area contributed by atoms with E-state index in [0.29, 0.717) is 23.4 Å². The van der Waals surface area contributed by atoms with Crippen LogP contribution in [0.4, 0.5) is 0 Å². The molecule has 1 fully saturated rings. The molecule has 3 atom stereocenters. The fourth-order valence-corrected chi connectivity index (χ4v) is 2.32. The van der Waals surface area contributed by atoms with Crippen LogP contribution in [0.3, 0.4) is 0 Å². The van der Waals surface area contributed by atoms with Crippen molar-refractivity contribution < 1.29 is 4.74 Å². The van der Waals surface area contributed by atoms with Crippen LogP contribution in [0.5, 0.6) is 0 Å². The Balaban J connectivity index is 2.51. The third kappa shape index (κ3) is 1.30. The van der Waals surface area contributed by atoms with Crippen molar-refractivity contribution in [2.24, 2.45) is 23.0 Å². The normalized spacial score (nSPS) is 36.8. The first kappa shape index (κ1) is 9.01. The third-order valence-electron chi connectivity index (χ3n) is 3.27. The van der Waals surface area contributed by atoms with Crippen molar-refractivity contribution in [1.82, 2.24) is 0 Å². The Kier molecular flexibility index (Phi) is 2.26. The Labute approximate surface area is 69.1 Å². The summed E-state index contributed by atoms with van der Waals surface area (Å²) in [7, 11) is 1.77. The highest BCUT2D eigenvalue weighted by molar-refractivity contribution is 5.07. The van der Waals surface area contributed by atoms with Crippen LogP contribution in [0.15, 0.2) is 0 Å². The van der Waals surface area contributed by atoms with E-state index in [2.05, 4.69) is 20.8 Å². The van der Waals surface area contributed by atoms with Crippen LogP contribution in [0.25, 0.3) is 0 Å². The van der Waals surface area contributed by atoms with E-state index < -0.39 is 0 Å². The molecule has 0 spiro atoms. The molecule has 0 bridgehead atoms. The van der Waals surface area contributed by atoms with E-state index >= 15 is 0 Å². The molecule has 2 nitrogen and oxygen atoms in total. The minimum Gasteiger partial charge on any atom is -0.381 e. The van der Waals surface area contributed by atoms with Gasteiger partial charge in [-0.1, -0.05) is 13.8 Å². The number of hydrogen-bond donors (Lipinski definition) is 1. The molecular formula is C9H19NO. The molecule has 11 heavy (non-hydrogen) atoms. The summed E-state index contributed by atoms with van der Waals surface area (Å²) in [5, 5.41) is 0. The van der Waals surface area contributed by atoms with Crippen molar-refractivity contribution in [3.05, 3.63) is 0 Å². The smallest absolute Gasteiger partial charge is 0.0579 e. The fourth-order valence-electron chi connectivity index (χ4n) is 2.32. The Morgan fingerprint density at radius 2 is 2.09 bits per heavy atom. The highest BCUT2D eigenvalue weighted by Crippen LogP contribution is 2.59. The Morgan fingerprint density at radius 3 is 2.36 bits per heavy atom. The predicted octanol–water partition coefficient (Wildman–Crippen LogP) is 1.25. The molecule has 0 aromatic heterocycles. The van der Waals surface area contributed by atoms with Crippen molar-refractivity contribution in [3.63, 3.8) is 0 Å². The molecular weight excluding hydrogens is 138 g/mol. The first-order chi connectivity index (χ1) is 5.05. The zero-order valence-electron chi connectivity index (χ0n) is 7.92. The topological polar surface area (TPSA) is 35.2 Å². The highest BCUT2D eigenvalue weighted by atomic mass is 16.5. The quantitative estimate of drug-likeness (QED) is 0.669. The summed E-state index contributed by atoms with van der Waals surface area (Å²) < 4.78 is 5.29. The monoisotopic (exact) mass is 157 g/mol. The number of methoxy groups -OCH3 is 1. The van der Waals surface area contributed by atoms with E-state index in [0.717, 1.165) is 6.54 Å². The maximum atomic E-state index is 5.64.